The Hall–Kier alpha value is -1.89. The van der Waals surface area contributed by atoms with Crippen molar-refractivity contribution in [3.8, 4) is 11.4 Å². The fourth-order valence-corrected chi connectivity index (χ4v) is 2.03. The largest absolute Gasteiger partial charge is 0.478 e. The number of hydrogen-bond donors (Lipinski definition) is 3. The number of carboxylic acid groups (broad SMARTS) is 1. The molecule has 0 saturated carbocycles. The molecule has 0 unspecified atom stereocenters. The van der Waals surface area contributed by atoms with Crippen LogP contribution in [0.2, 0.25) is 0 Å². The van der Waals surface area contributed by atoms with E-state index in [-0.39, 0.29) is 35.1 Å². The molecule has 1 radical (unpaired) electrons. The Balaban J connectivity index is 0.00000161. The number of nitrogens with zero attached hydrogens (tertiary/aromatic N) is 2. The quantitative estimate of drug-likeness (QED) is 0.642. The maximum absolute atomic E-state index is 11.0. The molecule has 0 fully saturated rings. The zero-order valence-electron chi connectivity index (χ0n) is 11.7. The molecular formula is C14H12N4NaO2. The van der Waals surface area contributed by atoms with E-state index < -0.39 is 5.97 Å². The number of carboxylic acids is 1. The minimum Gasteiger partial charge on any atom is -0.478 e. The number of hydrogen-bond acceptors (Lipinski definition) is 4. The number of H-pyrrole nitrogens is 1. The first-order valence-corrected chi connectivity index (χ1v) is 6.04. The van der Waals surface area contributed by atoms with Crippen LogP contribution in [-0.2, 0) is 0 Å². The zero-order chi connectivity index (χ0) is 14.1. The summed E-state index contributed by atoms with van der Waals surface area (Å²) in [4.78, 5) is 22.6. The summed E-state index contributed by atoms with van der Waals surface area (Å²) in [6.07, 6.45) is 1.67. The molecule has 0 aliphatic heterocycles. The number of benzene rings is 1. The van der Waals surface area contributed by atoms with Crippen molar-refractivity contribution in [2.24, 2.45) is 0 Å². The Morgan fingerprint density at radius 3 is 2.81 bits per heavy atom. The van der Waals surface area contributed by atoms with E-state index in [1.54, 1.807) is 37.5 Å². The van der Waals surface area contributed by atoms with Gasteiger partial charge in [0.05, 0.1) is 17.0 Å². The number of rotatable bonds is 3. The Kier molecular flexibility index (Phi) is 4.62. The number of aromatic carboxylic acids is 1. The Bertz CT molecular complexity index is 801. The van der Waals surface area contributed by atoms with Gasteiger partial charge in [-0.3, -0.25) is 0 Å². The van der Waals surface area contributed by atoms with Crippen molar-refractivity contribution in [3.63, 3.8) is 0 Å². The van der Waals surface area contributed by atoms with Crippen LogP contribution in [0, 0.1) is 0 Å². The van der Waals surface area contributed by atoms with Crippen molar-refractivity contribution in [3.05, 3.63) is 42.1 Å². The molecule has 0 amide bonds. The van der Waals surface area contributed by atoms with E-state index in [1.807, 2.05) is 6.07 Å². The third kappa shape index (κ3) is 3.07. The van der Waals surface area contributed by atoms with Gasteiger partial charge >= 0.3 is 5.97 Å². The van der Waals surface area contributed by atoms with E-state index in [9.17, 15) is 4.79 Å². The summed E-state index contributed by atoms with van der Waals surface area (Å²) < 4.78 is 0. The van der Waals surface area contributed by atoms with Crippen molar-refractivity contribution in [1.82, 2.24) is 15.0 Å². The summed E-state index contributed by atoms with van der Waals surface area (Å²) in [6, 6.07) is 8.64. The Labute approximate surface area is 142 Å². The molecule has 1 aromatic carbocycles. The molecule has 6 nitrogen and oxygen atoms in total. The van der Waals surface area contributed by atoms with E-state index >= 15 is 0 Å². The maximum atomic E-state index is 11.0. The molecule has 101 valence electrons. The van der Waals surface area contributed by atoms with Crippen molar-refractivity contribution < 1.29 is 9.90 Å². The molecule has 2 heterocycles. The maximum Gasteiger partial charge on any atom is 0.335 e. The summed E-state index contributed by atoms with van der Waals surface area (Å²) in [5.74, 6) is -0.401. The van der Waals surface area contributed by atoms with Crippen LogP contribution in [0.1, 0.15) is 10.4 Å². The van der Waals surface area contributed by atoms with Gasteiger partial charge in [0.1, 0.15) is 0 Å². The molecule has 7 heteroatoms. The molecule has 2 aromatic heterocycles. The molecule has 21 heavy (non-hydrogen) atoms. The van der Waals surface area contributed by atoms with Crippen molar-refractivity contribution >= 4 is 52.4 Å². The minimum atomic E-state index is -0.936. The summed E-state index contributed by atoms with van der Waals surface area (Å²) in [6.45, 7) is 0. The minimum absolute atomic E-state index is 0. The van der Waals surface area contributed by atoms with Gasteiger partial charge < -0.3 is 15.4 Å². The molecule has 3 aromatic rings. The Morgan fingerprint density at radius 2 is 2.10 bits per heavy atom. The fourth-order valence-electron chi connectivity index (χ4n) is 2.03. The number of anilines is 1. The fraction of sp³-hybridized carbons (Fsp3) is 0.0714. The molecule has 0 aliphatic rings. The topological polar surface area (TPSA) is 90.9 Å². The SMILES string of the molecule is CNc1nccc(-c2cc3cc(C(=O)O)ccc3[nH]2)n1.[Na]. The van der Waals surface area contributed by atoms with Crippen LogP contribution in [0.5, 0.6) is 0 Å². The number of fused-ring (bicyclic) bond motifs is 1. The first-order chi connectivity index (χ1) is 9.67. The van der Waals surface area contributed by atoms with Crippen molar-refractivity contribution in [2.45, 2.75) is 0 Å². The van der Waals surface area contributed by atoms with E-state index in [2.05, 4.69) is 20.3 Å². The van der Waals surface area contributed by atoms with Crippen molar-refractivity contribution in [1.29, 1.82) is 0 Å². The molecule has 0 bridgehead atoms. The number of aromatic amines is 1. The third-order valence-electron chi connectivity index (χ3n) is 3.02. The zero-order valence-corrected chi connectivity index (χ0v) is 13.7. The summed E-state index contributed by atoms with van der Waals surface area (Å²) >= 11 is 0. The van der Waals surface area contributed by atoms with Crippen LogP contribution < -0.4 is 5.32 Å². The second-order valence-electron chi connectivity index (χ2n) is 4.31. The van der Waals surface area contributed by atoms with Crippen LogP contribution in [0.15, 0.2) is 36.5 Å². The van der Waals surface area contributed by atoms with Crippen LogP contribution in [0.25, 0.3) is 22.3 Å². The molecule has 3 rings (SSSR count). The van der Waals surface area contributed by atoms with Crippen LogP contribution in [-0.4, -0.2) is 62.6 Å². The predicted octanol–water partition coefficient (Wildman–Crippen LogP) is 1.98. The predicted molar refractivity (Wildman–Crippen MR) is 81.6 cm³/mol. The van der Waals surface area contributed by atoms with Crippen LogP contribution in [0.3, 0.4) is 0 Å². The van der Waals surface area contributed by atoms with E-state index in [0.29, 0.717) is 5.95 Å². The van der Waals surface area contributed by atoms with Crippen molar-refractivity contribution in [2.75, 3.05) is 12.4 Å². The van der Waals surface area contributed by atoms with Gasteiger partial charge in [0, 0.05) is 53.7 Å². The van der Waals surface area contributed by atoms with Gasteiger partial charge in [-0.2, -0.15) is 0 Å². The molecule has 0 saturated heterocycles. The smallest absolute Gasteiger partial charge is 0.335 e. The third-order valence-corrected chi connectivity index (χ3v) is 3.02. The summed E-state index contributed by atoms with van der Waals surface area (Å²) in [5.41, 5.74) is 2.70. The second kappa shape index (κ2) is 6.26. The first kappa shape index (κ1) is 15.5. The number of aromatic nitrogens is 3. The van der Waals surface area contributed by atoms with Gasteiger partial charge in [0.25, 0.3) is 0 Å². The van der Waals surface area contributed by atoms with E-state index in [4.69, 9.17) is 5.11 Å². The molecule has 0 atom stereocenters. The van der Waals surface area contributed by atoms with Gasteiger partial charge in [-0.1, -0.05) is 0 Å². The Morgan fingerprint density at radius 1 is 1.29 bits per heavy atom. The van der Waals surface area contributed by atoms with Gasteiger partial charge in [-0.15, -0.1) is 0 Å². The molecule has 0 aliphatic carbocycles. The van der Waals surface area contributed by atoms with Crippen LogP contribution in [0.4, 0.5) is 5.95 Å². The van der Waals surface area contributed by atoms with Crippen LogP contribution >= 0.6 is 0 Å². The average molecular weight is 291 g/mol. The number of nitrogens with one attached hydrogen (secondary N) is 2. The summed E-state index contributed by atoms with van der Waals surface area (Å²) in [5, 5.41) is 12.7. The normalized spacial score (nSPS) is 10.1. The van der Waals surface area contributed by atoms with Gasteiger partial charge in [-0.05, 0) is 30.3 Å². The van der Waals surface area contributed by atoms with Gasteiger partial charge in [-0.25, -0.2) is 14.8 Å². The molecular weight excluding hydrogens is 279 g/mol. The van der Waals surface area contributed by atoms with Gasteiger partial charge in [0.2, 0.25) is 5.95 Å². The number of carbonyl (C=O) groups is 1. The first-order valence-electron chi connectivity index (χ1n) is 6.04. The van der Waals surface area contributed by atoms with Gasteiger partial charge in [0.15, 0.2) is 0 Å². The van der Waals surface area contributed by atoms with E-state index in [1.165, 1.54) is 0 Å². The second-order valence-corrected chi connectivity index (χ2v) is 4.31. The monoisotopic (exact) mass is 291 g/mol. The van der Waals surface area contributed by atoms with E-state index in [0.717, 1.165) is 22.3 Å². The standard InChI is InChI=1S/C14H12N4O2.Na/c1-15-14-16-5-4-11(18-14)12-7-9-6-8(13(19)20)2-3-10(9)17-12;/h2-7,17H,1H3,(H,19,20)(H,15,16,18);. The molecule has 0 spiro atoms. The average Bonchev–Trinajstić information content (AvgIpc) is 2.90. The molecule has 3 N–H and O–H groups in total. The summed E-state index contributed by atoms with van der Waals surface area (Å²) in [7, 11) is 1.75.